The SMILES string of the molecule is CC(C)(C)OC(=O)N1CCC(Oc2c(F)cccc2NC(C#N)=C(C#N)C#N)CC1. The van der Waals surface area contributed by atoms with Gasteiger partial charge < -0.3 is 19.7 Å². The monoisotopic (exact) mass is 411 g/mol. The molecule has 1 aliphatic rings. The fourth-order valence-electron chi connectivity index (χ4n) is 2.79. The Balaban J connectivity index is 2.11. The average molecular weight is 411 g/mol. The Morgan fingerprint density at radius 2 is 1.80 bits per heavy atom. The van der Waals surface area contributed by atoms with Crippen molar-refractivity contribution in [1.29, 1.82) is 15.8 Å². The van der Waals surface area contributed by atoms with Gasteiger partial charge >= 0.3 is 6.09 Å². The number of rotatable bonds is 4. The van der Waals surface area contributed by atoms with Gasteiger partial charge in [0.25, 0.3) is 0 Å². The van der Waals surface area contributed by atoms with Gasteiger partial charge in [0.15, 0.2) is 17.1 Å². The fraction of sp³-hybridized carbons (Fsp3) is 0.429. The standard InChI is InChI=1S/C21H22FN5O3/c1-21(2,3)30-20(28)27-9-7-15(8-10-27)29-19-16(22)5-4-6-17(19)26-18(13-25)14(11-23)12-24/h4-6,15,26H,7-10H2,1-3H3. The van der Waals surface area contributed by atoms with Gasteiger partial charge in [-0.25, -0.2) is 9.18 Å². The van der Waals surface area contributed by atoms with E-state index in [-0.39, 0.29) is 23.2 Å². The van der Waals surface area contributed by atoms with Crippen molar-refractivity contribution in [2.75, 3.05) is 18.4 Å². The molecule has 9 heteroatoms. The summed E-state index contributed by atoms with van der Waals surface area (Å²) in [7, 11) is 0. The van der Waals surface area contributed by atoms with Gasteiger partial charge in [-0.3, -0.25) is 0 Å². The Bertz CT molecular complexity index is 939. The number of ether oxygens (including phenoxy) is 2. The van der Waals surface area contributed by atoms with Crippen molar-refractivity contribution in [1.82, 2.24) is 4.90 Å². The predicted octanol–water partition coefficient (Wildman–Crippen LogP) is 3.84. The number of likely N-dealkylation sites (tertiary alicyclic amines) is 1. The lowest BCUT2D eigenvalue weighted by Crippen LogP contribution is -2.44. The number of halogens is 1. The molecule has 1 N–H and O–H groups in total. The maximum atomic E-state index is 14.4. The zero-order chi connectivity index (χ0) is 22.3. The molecular formula is C21H22FN5O3. The van der Waals surface area contributed by atoms with Crippen LogP contribution in [0.1, 0.15) is 33.6 Å². The molecule has 1 aromatic rings. The summed E-state index contributed by atoms with van der Waals surface area (Å²) in [6.45, 7) is 6.17. The molecule has 8 nitrogen and oxygen atoms in total. The summed E-state index contributed by atoms with van der Waals surface area (Å²) in [6.07, 6.45) is 0.172. The van der Waals surface area contributed by atoms with E-state index >= 15 is 0 Å². The summed E-state index contributed by atoms with van der Waals surface area (Å²) >= 11 is 0. The Labute approximate surface area is 174 Å². The Morgan fingerprint density at radius 1 is 1.17 bits per heavy atom. The third-order valence-corrected chi connectivity index (χ3v) is 4.19. The van der Waals surface area contributed by atoms with E-state index in [0.29, 0.717) is 25.9 Å². The lowest BCUT2D eigenvalue weighted by Gasteiger charge is -2.33. The Morgan fingerprint density at radius 3 is 2.33 bits per heavy atom. The zero-order valence-electron chi connectivity index (χ0n) is 17.0. The van der Waals surface area contributed by atoms with Gasteiger partial charge in [0.1, 0.15) is 35.6 Å². The molecule has 0 bridgehead atoms. The molecule has 1 heterocycles. The minimum absolute atomic E-state index is 0.115. The number of hydrogen-bond acceptors (Lipinski definition) is 7. The van der Waals surface area contributed by atoms with Gasteiger partial charge in [0, 0.05) is 25.9 Å². The first-order chi connectivity index (χ1) is 14.2. The van der Waals surface area contributed by atoms with Crippen LogP contribution in [0.5, 0.6) is 5.75 Å². The van der Waals surface area contributed by atoms with Crippen LogP contribution in [0.15, 0.2) is 29.5 Å². The second-order valence-electron chi connectivity index (χ2n) is 7.61. The van der Waals surface area contributed by atoms with E-state index in [0.717, 1.165) is 0 Å². The van der Waals surface area contributed by atoms with Crippen LogP contribution in [0, 0.1) is 39.8 Å². The molecule has 1 fully saturated rings. The van der Waals surface area contributed by atoms with Gasteiger partial charge in [-0.05, 0) is 32.9 Å². The number of carbonyl (C=O) groups is 1. The summed E-state index contributed by atoms with van der Waals surface area (Å²) in [4.78, 5) is 13.7. The first-order valence-electron chi connectivity index (χ1n) is 9.33. The smallest absolute Gasteiger partial charge is 0.410 e. The number of carbonyl (C=O) groups excluding carboxylic acids is 1. The van der Waals surface area contributed by atoms with Gasteiger partial charge in [-0.15, -0.1) is 0 Å². The van der Waals surface area contributed by atoms with Crippen molar-refractivity contribution < 1.29 is 18.7 Å². The van der Waals surface area contributed by atoms with E-state index in [1.807, 2.05) is 0 Å². The van der Waals surface area contributed by atoms with Crippen LogP contribution in [0.3, 0.4) is 0 Å². The van der Waals surface area contributed by atoms with Gasteiger partial charge in [-0.1, -0.05) is 6.07 Å². The van der Waals surface area contributed by atoms with Crippen molar-refractivity contribution in [3.63, 3.8) is 0 Å². The summed E-state index contributed by atoms with van der Waals surface area (Å²) in [5.74, 6) is -0.765. The molecule has 0 aromatic heterocycles. The molecular weight excluding hydrogens is 389 g/mol. The maximum Gasteiger partial charge on any atom is 0.410 e. The molecule has 1 aromatic carbocycles. The number of benzene rings is 1. The lowest BCUT2D eigenvalue weighted by atomic mass is 10.1. The number of nitrogens with one attached hydrogen (secondary N) is 1. The quantitative estimate of drug-likeness (QED) is 0.747. The zero-order valence-corrected chi connectivity index (χ0v) is 17.0. The van der Waals surface area contributed by atoms with Gasteiger partial charge in [0.2, 0.25) is 0 Å². The maximum absolute atomic E-state index is 14.4. The molecule has 1 amide bonds. The van der Waals surface area contributed by atoms with E-state index in [1.54, 1.807) is 43.9 Å². The number of piperidine rings is 1. The number of hydrogen-bond donors (Lipinski definition) is 1. The number of para-hydroxylation sites is 1. The number of nitriles is 3. The summed E-state index contributed by atoms with van der Waals surface area (Å²) in [5.41, 5.74) is -1.17. The lowest BCUT2D eigenvalue weighted by molar-refractivity contribution is 0.0124. The molecule has 0 atom stereocenters. The highest BCUT2D eigenvalue weighted by molar-refractivity contribution is 5.68. The van der Waals surface area contributed by atoms with E-state index in [2.05, 4.69) is 5.32 Å². The predicted molar refractivity (Wildman–Crippen MR) is 105 cm³/mol. The third-order valence-electron chi connectivity index (χ3n) is 4.19. The molecule has 0 saturated carbocycles. The molecule has 1 aliphatic heterocycles. The van der Waals surface area contributed by atoms with Crippen molar-refractivity contribution in [2.24, 2.45) is 0 Å². The van der Waals surface area contributed by atoms with Crippen LogP contribution in [0.25, 0.3) is 0 Å². The van der Waals surface area contributed by atoms with E-state index in [4.69, 9.17) is 20.0 Å². The highest BCUT2D eigenvalue weighted by Crippen LogP contribution is 2.32. The van der Waals surface area contributed by atoms with Crippen molar-refractivity contribution in [3.05, 3.63) is 35.3 Å². The first kappa shape index (κ1) is 22.5. The van der Waals surface area contributed by atoms with Crippen LogP contribution >= 0.6 is 0 Å². The van der Waals surface area contributed by atoms with Gasteiger partial charge in [0.05, 0.1) is 5.69 Å². The minimum Gasteiger partial charge on any atom is -0.485 e. The fourth-order valence-corrected chi connectivity index (χ4v) is 2.79. The molecule has 2 rings (SSSR count). The van der Waals surface area contributed by atoms with E-state index in [1.165, 1.54) is 18.2 Å². The first-order valence-corrected chi connectivity index (χ1v) is 9.33. The topological polar surface area (TPSA) is 122 Å². The molecule has 0 spiro atoms. The van der Waals surface area contributed by atoms with Gasteiger partial charge in [-0.2, -0.15) is 15.8 Å². The molecule has 156 valence electrons. The second-order valence-corrected chi connectivity index (χ2v) is 7.61. The number of anilines is 1. The molecule has 1 saturated heterocycles. The van der Waals surface area contributed by atoms with Crippen LogP contribution in [-0.4, -0.2) is 35.8 Å². The highest BCUT2D eigenvalue weighted by atomic mass is 19.1. The largest absolute Gasteiger partial charge is 0.485 e. The summed E-state index contributed by atoms with van der Waals surface area (Å²) in [5, 5.41) is 29.7. The Hall–Kier alpha value is -3.77. The van der Waals surface area contributed by atoms with Crippen LogP contribution in [0.2, 0.25) is 0 Å². The number of allylic oxidation sites excluding steroid dienone is 2. The molecule has 0 radical (unpaired) electrons. The van der Waals surface area contributed by atoms with Crippen LogP contribution in [0.4, 0.5) is 14.9 Å². The average Bonchev–Trinajstić information content (AvgIpc) is 2.69. The molecule has 0 aliphatic carbocycles. The molecule has 0 unspecified atom stereocenters. The minimum atomic E-state index is -0.651. The summed E-state index contributed by atoms with van der Waals surface area (Å²) in [6, 6.07) is 9.08. The number of amides is 1. The third kappa shape index (κ3) is 5.86. The summed E-state index contributed by atoms with van der Waals surface area (Å²) < 4.78 is 25.6. The van der Waals surface area contributed by atoms with Crippen LogP contribution < -0.4 is 10.1 Å². The molecule has 30 heavy (non-hydrogen) atoms. The van der Waals surface area contributed by atoms with E-state index in [9.17, 15) is 14.4 Å². The highest BCUT2D eigenvalue weighted by Gasteiger charge is 2.28. The normalized spacial score (nSPS) is 14.0. The number of nitrogens with zero attached hydrogens (tertiary/aromatic N) is 4. The van der Waals surface area contributed by atoms with Crippen LogP contribution in [-0.2, 0) is 4.74 Å². The Kier molecular flexibility index (Phi) is 7.22. The van der Waals surface area contributed by atoms with Crippen molar-refractivity contribution >= 4 is 11.8 Å². The van der Waals surface area contributed by atoms with Crippen molar-refractivity contribution in [3.8, 4) is 24.0 Å². The van der Waals surface area contributed by atoms with E-state index < -0.39 is 23.1 Å². The van der Waals surface area contributed by atoms with Crippen molar-refractivity contribution in [2.45, 2.75) is 45.3 Å². The second kappa shape index (κ2) is 9.62.